The van der Waals surface area contributed by atoms with Crippen LogP contribution < -0.4 is 10.0 Å². The Morgan fingerprint density at radius 1 is 0.963 bits per heavy atom. The molecule has 0 unspecified atom stereocenters. The van der Waals surface area contributed by atoms with Gasteiger partial charge in [-0.05, 0) is 49.9 Å². The highest BCUT2D eigenvalue weighted by molar-refractivity contribution is 7.89. The minimum absolute atomic E-state index is 0.0558. The van der Waals surface area contributed by atoms with Crippen molar-refractivity contribution in [2.45, 2.75) is 57.3 Å². The third-order valence-electron chi connectivity index (χ3n) is 4.29. The van der Waals surface area contributed by atoms with Gasteiger partial charge in [0.1, 0.15) is 0 Å². The fourth-order valence-electron chi connectivity index (χ4n) is 2.43. The normalized spacial score (nSPS) is 11.2. The first kappa shape index (κ1) is 23.1. The first-order valence-corrected chi connectivity index (χ1v) is 10.6. The van der Waals surface area contributed by atoms with Gasteiger partial charge in [-0.2, -0.15) is 0 Å². The standard InChI is InChI=1S/C19H30N2O5S/c1-15-9-10-17(14-16(15)2)27(24,25)21-13-11-18(22)20-12-7-5-4-6-8-19(23)26-3/h9-10,14,21H,4-8,11-13H2,1-3H3,(H,20,22). The number of ether oxygens (including phenoxy) is 1. The summed E-state index contributed by atoms with van der Waals surface area (Å²) >= 11 is 0. The van der Waals surface area contributed by atoms with Gasteiger partial charge in [0.05, 0.1) is 12.0 Å². The molecule has 0 aliphatic heterocycles. The van der Waals surface area contributed by atoms with Crippen LogP contribution in [0.3, 0.4) is 0 Å². The van der Waals surface area contributed by atoms with Gasteiger partial charge in [-0.1, -0.05) is 18.9 Å². The quantitative estimate of drug-likeness (QED) is 0.415. The van der Waals surface area contributed by atoms with Crippen LogP contribution >= 0.6 is 0 Å². The van der Waals surface area contributed by atoms with E-state index in [0.717, 1.165) is 36.8 Å². The molecule has 1 aromatic rings. The predicted molar refractivity (Wildman–Crippen MR) is 104 cm³/mol. The zero-order chi connectivity index (χ0) is 20.3. The van der Waals surface area contributed by atoms with E-state index in [1.165, 1.54) is 7.11 Å². The van der Waals surface area contributed by atoms with Crippen molar-refractivity contribution in [2.24, 2.45) is 0 Å². The van der Waals surface area contributed by atoms with Crippen molar-refractivity contribution in [3.05, 3.63) is 29.3 Å². The Morgan fingerprint density at radius 3 is 2.33 bits per heavy atom. The summed E-state index contributed by atoms with van der Waals surface area (Å²) in [5.41, 5.74) is 1.93. The van der Waals surface area contributed by atoms with E-state index in [2.05, 4.69) is 14.8 Å². The van der Waals surface area contributed by atoms with Gasteiger partial charge >= 0.3 is 5.97 Å². The molecule has 0 fully saturated rings. The van der Waals surface area contributed by atoms with Crippen LogP contribution in [0.5, 0.6) is 0 Å². The monoisotopic (exact) mass is 398 g/mol. The molecule has 0 radical (unpaired) electrons. The number of aryl methyl sites for hydroxylation is 2. The maximum Gasteiger partial charge on any atom is 0.305 e. The minimum atomic E-state index is -3.61. The molecule has 0 saturated heterocycles. The summed E-state index contributed by atoms with van der Waals surface area (Å²) < 4.78 is 31.5. The maximum atomic E-state index is 12.2. The molecule has 0 aliphatic carbocycles. The fourth-order valence-corrected chi connectivity index (χ4v) is 3.55. The number of unbranched alkanes of at least 4 members (excludes halogenated alkanes) is 3. The summed E-state index contributed by atoms with van der Waals surface area (Å²) in [7, 11) is -2.23. The second-order valence-electron chi connectivity index (χ2n) is 6.48. The van der Waals surface area contributed by atoms with Gasteiger partial charge < -0.3 is 10.1 Å². The second-order valence-corrected chi connectivity index (χ2v) is 8.25. The Balaban J connectivity index is 2.19. The van der Waals surface area contributed by atoms with Crippen molar-refractivity contribution in [3.8, 4) is 0 Å². The highest BCUT2D eigenvalue weighted by atomic mass is 32.2. The first-order chi connectivity index (χ1) is 12.8. The lowest BCUT2D eigenvalue weighted by atomic mass is 10.1. The molecule has 0 aromatic heterocycles. The number of benzene rings is 1. The average molecular weight is 399 g/mol. The number of hydrogen-bond donors (Lipinski definition) is 2. The molecule has 152 valence electrons. The largest absolute Gasteiger partial charge is 0.469 e. The molecule has 1 amide bonds. The molecule has 27 heavy (non-hydrogen) atoms. The third kappa shape index (κ3) is 9.01. The summed E-state index contributed by atoms with van der Waals surface area (Å²) in [6.07, 6.45) is 3.93. The van der Waals surface area contributed by atoms with E-state index in [1.54, 1.807) is 18.2 Å². The summed E-state index contributed by atoms with van der Waals surface area (Å²) in [6, 6.07) is 4.95. The number of nitrogens with one attached hydrogen (secondary N) is 2. The van der Waals surface area contributed by atoms with Gasteiger partial charge in [-0.15, -0.1) is 0 Å². The number of amides is 1. The zero-order valence-corrected chi connectivity index (χ0v) is 17.2. The lowest BCUT2D eigenvalue weighted by Gasteiger charge is -2.09. The Morgan fingerprint density at radius 2 is 1.67 bits per heavy atom. The van der Waals surface area contributed by atoms with Gasteiger partial charge in [0.15, 0.2) is 0 Å². The summed E-state index contributed by atoms with van der Waals surface area (Å²) in [5.74, 6) is -0.390. The lowest BCUT2D eigenvalue weighted by molar-refractivity contribution is -0.140. The second kappa shape index (κ2) is 11.7. The van der Waals surface area contributed by atoms with Crippen LogP contribution in [-0.2, 0) is 24.3 Å². The van der Waals surface area contributed by atoms with Crippen LogP contribution in [-0.4, -0.2) is 40.5 Å². The molecule has 1 rings (SSSR count). The highest BCUT2D eigenvalue weighted by Gasteiger charge is 2.14. The first-order valence-electron chi connectivity index (χ1n) is 9.16. The maximum absolute atomic E-state index is 12.2. The molecule has 1 aromatic carbocycles. The molecule has 0 bridgehead atoms. The molecule has 2 N–H and O–H groups in total. The van der Waals surface area contributed by atoms with E-state index in [-0.39, 0.29) is 29.7 Å². The van der Waals surface area contributed by atoms with Gasteiger partial charge in [-0.25, -0.2) is 13.1 Å². The van der Waals surface area contributed by atoms with Gasteiger partial charge in [0, 0.05) is 25.9 Å². The molecule has 0 aliphatic rings. The Labute approximate surface area is 161 Å². The zero-order valence-electron chi connectivity index (χ0n) is 16.3. The van der Waals surface area contributed by atoms with Crippen LogP contribution in [0.25, 0.3) is 0 Å². The number of esters is 1. The predicted octanol–water partition coefficient (Wildman–Crippen LogP) is 2.21. The van der Waals surface area contributed by atoms with Crippen LogP contribution in [0, 0.1) is 13.8 Å². The summed E-state index contributed by atoms with van der Waals surface area (Å²) in [5, 5.41) is 2.77. The number of sulfonamides is 1. The lowest BCUT2D eigenvalue weighted by Crippen LogP contribution is -2.31. The third-order valence-corrected chi connectivity index (χ3v) is 5.75. The van der Waals surface area contributed by atoms with Crippen LogP contribution in [0.15, 0.2) is 23.1 Å². The van der Waals surface area contributed by atoms with Gasteiger partial charge in [-0.3, -0.25) is 9.59 Å². The van der Waals surface area contributed by atoms with Crippen molar-refractivity contribution in [2.75, 3.05) is 20.2 Å². The van der Waals surface area contributed by atoms with Crippen molar-refractivity contribution in [3.63, 3.8) is 0 Å². The molecule has 0 saturated carbocycles. The van der Waals surface area contributed by atoms with Crippen molar-refractivity contribution < 1.29 is 22.7 Å². The topological polar surface area (TPSA) is 102 Å². The molecule has 0 heterocycles. The number of carbonyl (C=O) groups is 2. The molecular formula is C19H30N2O5S. The Kier molecular flexibility index (Phi) is 10.0. The molecule has 0 atom stereocenters. The van der Waals surface area contributed by atoms with Crippen LogP contribution in [0.1, 0.15) is 49.7 Å². The number of hydrogen-bond acceptors (Lipinski definition) is 5. The van der Waals surface area contributed by atoms with E-state index in [0.29, 0.717) is 13.0 Å². The Hall–Kier alpha value is -1.93. The highest BCUT2D eigenvalue weighted by Crippen LogP contribution is 2.14. The molecule has 0 spiro atoms. The fraction of sp³-hybridized carbons (Fsp3) is 0.579. The van der Waals surface area contributed by atoms with E-state index in [1.807, 2.05) is 13.8 Å². The van der Waals surface area contributed by atoms with Crippen LogP contribution in [0.2, 0.25) is 0 Å². The smallest absolute Gasteiger partial charge is 0.305 e. The van der Waals surface area contributed by atoms with E-state index in [4.69, 9.17) is 0 Å². The van der Waals surface area contributed by atoms with E-state index < -0.39 is 10.0 Å². The molecular weight excluding hydrogens is 368 g/mol. The molecule has 7 nitrogen and oxygen atoms in total. The van der Waals surface area contributed by atoms with Gasteiger partial charge in [0.25, 0.3) is 0 Å². The van der Waals surface area contributed by atoms with Crippen molar-refractivity contribution in [1.82, 2.24) is 10.0 Å². The Bertz CT molecular complexity index is 732. The SMILES string of the molecule is COC(=O)CCCCCCNC(=O)CCNS(=O)(=O)c1ccc(C)c(C)c1. The summed E-state index contributed by atoms with van der Waals surface area (Å²) in [4.78, 5) is 22.9. The average Bonchev–Trinajstić information content (AvgIpc) is 2.62. The number of methoxy groups -OCH3 is 1. The van der Waals surface area contributed by atoms with Crippen LogP contribution in [0.4, 0.5) is 0 Å². The van der Waals surface area contributed by atoms with Gasteiger partial charge in [0.2, 0.25) is 15.9 Å². The summed E-state index contributed by atoms with van der Waals surface area (Å²) in [6.45, 7) is 4.38. The minimum Gasteiger partial charge on any atom is -0.469 e. The van der Waals surface area contributed by atoms with E-state index >= 15 is 0 Å². The molecule has 8 heteroatoms. The van der Waals surface area contributed by atoms with Crippen molar-refractivity contribution >= 4 is 21.9 Å². The van der Waals surface area contributed by atoms with Crippen molar-refractivity contribution in [1.29, 1.82) is 0 Å². The van der Waals surface area contributed by atoms with E-state index in [9.17, 15) is 18.0 Å². The number of carbonyl (C=O) groups excluding carboxylic acids is 2. The number of rotatable bonds is 12.